The van der Waals surface area contributed by atoms with Crippen LogP contribution in [-0.2, 0) is 4.79 Å². The first-order valence-corrected chi connectivity index (χ1v) is 9.01. The number of rotatable bonds is 6. The predicted octanol–water partition coefficient (Wildman–Crippen LogP) is 3.25. The number of benzene rings is 2. The Kier molecular flexibility index (Phi) is 5.86. The molecule has 0 bridgehead atoms. The van der Waals surface area contributed by atoms with E-state index in [1.54, 1.807) is 0 Å². The number of hydrogen-bond acceptors (Lipinski definition) is 6. The molecule has 0 fully saturated rings. The van der Waals surface area contributed by atoms with Crippen molar-refractivity contribution in [1.82, 2.24) is 4.90 Å². The fourth-order valence-corrected chi connectivity index (χ4v) is 3.25. The Morgan fingerprint density at radius 2 is 1.38 bits per heavy atom. The lowest BCUT2D eigenvalue weighted by molar-refractivity contribution is -0.116. The van der Waals surface area contributed by atoms with Crippen LogP contribution in [0.25, 0.3) is 0 Å². The molecule has 0 unspecified atom stereocenters. The molecule has 1 aliphatic rings. The van der Waals surface area contributed by atoms with Gasteiger partial charge in [-0.05, 0) is 12.1 Å². The molecular weight excluding hydrogens is 423 g/mol. The largest absolute Gasteiger partial charge is 0.493 e. The number of halogens is 2. The molecule has 2 aromatic rings. The molecule has 2 aromatic carbocycles. The Labute approximate surface area is 176 Å². The third-order valence-electron chi connectivity index (χ3n) is 4.26. The fraction of sp³-hybridized carbons (Fsp3) is 0.211. The van der Waals surface area contributed by atoms with Gasteiger partial charge in [0.1, 0.15) is 6.54 Å². The first-order valence-electron chi connectivity index (χ1n) is 8.25. The summed E-state index contributed by atoms with van der Waals surface area (Å²) in [7, 11) is 4.34. The minimum atomic E-state index is -0.622. The SMILES string of the molecule is COc1cc(NC(=O)CN2C(=O)c3cc(Cl)c(Cl)cc3C2=O)cc(OC)c1OC. The summed E-state index contributed by atoms with van der Waals surface area (Å²) in [6, 6.07) is 5.69. The zero-order chi connectivity index (χ0) is 21.3. The van der Waals surface area contributed by atoms with Crippen molar-refractivity contribution < 1.29 is 28.6 Å². The van der Waals surface area contributed by atoms with E-state index in [9.17, 15) is 14.4 Å². The normalized spacial score (nSPS) is 12.7. The molecular formula is C19H16Cl2N2O6. The Morgan fingerprint density at radius 3 is 1.79 bits per heavy atom. The van der Waals surface area contributed by atoms with Gasteiger partial charge in [-0.15, -0.1) is 0 Å². The van der Waals surface area contributed by atoms with Crippen LogP contribution >= 0.6 is 23.2 Å². The second-order valence-electron chi connectivity index (χ2n) is 5.97. The number of nitrogens with zero attached hydrogens (tertiary/aromatic N) is 1. The molecule has 1 N–H and O–H groups in total. The highest BCUT2D eigenvalue weighted by atomic mass is 35.5. The third kappa shape index (κ3) is 3.81. The van der Waals surface area contributed by atoms with E-state index in [4.69, 9.17) is 37.4 Å². The quantitative estimate of drug-likeness (QED) is 0.695. The van der Waals surface area contributed by atoms with Crippen LogP contribution in [0.15, 0.2) is 24.3 Å². The lowest BCUT2D eigenvalue weighted by Crippen LogP contribution is -2.37. The summed E-state index contributed by atoms with van der Waals surface area (Å²) < 4.78 is 15.7. The summed E-state index contributed by atoms with van der Waals surface area (Å²) in [4.78, 5) is 38.3. The molecule has 8 nitrogen and oxygen atoms in total. The number of imide groups is 1. The van der Waals surface area contributed by atoms with E-state index >= 15 is 0 Å². The van der Waals surface area contributed by atoms with Crippen molar-refractivity contribution in [1.29, 1.82) is 0 Å². The van der Waals surface area contributed by atoms with E-state index in [0.29, 0.717) is 22.9 Å². The minimum absolute atomic E-state index is 0.102. The number of amides is 3. The lowest BCUT2D eigenvalue weighted by Gasteiger charge is -2.16. The molecule has 0 atom stereocenters. The maximum absolute atomic E-state index is 12.5. The van der Waals surface area contributed by atoms with Crippen LogP contribution in [0, 0.1) is 0 Å². The van der Waals surface area contributed by atoms with Gasteiger partial charge in [-0.3, -0.25) is 19.3 Å². The highest BCUT2D eigenvalue weighted by Gasteiger charge is 2.37. The highest BCUT2D eigenvalue weighted by molar-refractivity contribution is 6.43. The topological polar surface area (TPSA) is 94.2 Å². The monoisotopic (exact) mass is 438 g/mol. The average molecular weight is 439 g/mol. The van der Waals surface area contributed by atoms with Crippen molar-refractivity contribution in [3.8, 4) is 17.2 Å². The number of carbonyl (C=O) groups excluding carboxylic acids is 3. The van der Waals surface area contributed by atoms with Crippen LogP contribution in [0.3, 0.4) is 0 Å². The van der Waals surface area contributed by atoms with E-state index in [-0.39, 0.29) is 21.2 Å². The fourth-order valence-electron chi connectivity index (χ4n) is 2.92. The number of nitrogens with one attached hydrogen (secondary N) is 1. The number of fused-ring (bicyclic) bond motifs is 1. The smallest absolute Gasteiger partial charge is 0.262 e. The van der Waals surface area contributed by atoms with E-state index in [0.717, 1.165) is 4.90 Å². The lowest BCUT2D eigenvalue weighted by atomic mass is 10.1. The number of carbonyl (C=O) groups is 3. The van der Waals surface area contributed by atoms with Crippen LogP contribution in [0.2, 0.25) is 10.0 Å². The Hall–Kier alpha value is -2.97. The molecule has 3 rings (SSSR count). The third-order valence-corrected chi connectivity index (χ3v) is 4.98. The van der Waals surface area contributed by atoms with Gasteiger partial charge in [0.15, 0.2) is 11.5 Å². The van der Waals surface area contributed by atoms with E-state index in [2.05, 4.69) is 5.32 Å². The van der Waals surface area contributed by atoms with Gasteiger partial charge in [0, 0.05) is 17.8 Å². The molecule has 152 valence electrons. The van der Waals surface area contributed by atoms with Crippen molar-refractivity contribution >= 4 is 46.6 Å². The molecule has 1 aliphatic heterocycles. The summed E-state index contributed by atoms with van der Waals surface area (Å²) in [5.41, 5.74) is 0.544. The van der Waals surface area contributed by atoms with E-state index < -0.39 is 24.3 Å². The molecule has 3 amide bonds. The zero-order valence-electron chi connectivity index (χ0n) is 15.7. The van der Waals surface area contributed by atoms with Crippen molar-refractivity contribution in [2.24, 2.45) is 0 Å². The number of hydrogen-bond donors (Lipinski definition) is 1. The van der Waals surface area contributed by atoms with Gasteiger partial charge in [0.2, 0.25) is 11.7 Å². The molecule has 1 heterocycles. The second kappa shape index (κ2) is 8.18. The van der Waals surface area contributed by atoms with Crippen LogP contribution in [0.1, 0.15) is 20.7 Å². The van der Waals surface area contributed by atoms with E-state index in [1.807, 2.05) is 0 Å². The molecule has 0 aliphatic carbocycles. The molecule has 10 heteroatoms. The van der Waals surface area contributed by atoms with Crippen molar-refractivity contribution in [2.75, 3.05) is 33.2 Å². The molecule has 29 heavy (non-hydrogen) atoms. The summed E-state index contributed by atoms with van der Waals surface area (Å²) in [6.45, 7) is -0.488. The van der Waals surface area contributed by atoms with Gasteiger partial charge in [-0.1, -0.05) is 23.2 Å². The maximum atomic E-state index is 12.5. The van der Waals surface area contributed by atoms with Gasteiger partial charge in [-0.2, -0.15) is 0 Å². The number of ether oxygens (including phenoxy) is 3. The molecule has 0 spiro atoms. The zero-order valence-corrected chi connectivity index (χ0v) is 17.2. The molecule has 0 saturated heterocycles. The molecule has 0 saturated carbocycles. The summed E-state index contributed by atoms with van der Waals surface area (Å²) in [5, 5.41) is 2.90. The van der Waals surface area contributed by atoms with Gasteiger partial charge >= 0.3 is 0 Å². The minimum Gasteiger partial charge on any atom is -0.493 e. The molecule has 0 radical (unpaired) electrons. The first kappa shape index (κ1) is 20.8. The van der Waals surface area contributed by atoms with Crippen molar-refractivity contribution in [3.63, 3.8) is 0 Å². The second-order valence-corrected chi connectivity index (χ2v) is 6.78. The van der Waals surface area contributed by atoms with Crippen LogP contribution < -0.4 is 19.5 Å². The van der Waals surface area contributed by atoms with Gasteiger partial charge < -0.3 is 19.5 Å². The average Bonchev–Trinajstić information content (AvgIpc) is 2.91. The highest BCUT2D eigenvalue weighted by Crippen LogP contribution is 2.40. The van der Waals surface area contributed by atoms with Crippen molar-refractivity contribution in [2.45, 2.75) is 0 Å². The summed E-state index contributed by atoms with van der Waals surface area (Å²) in [6.07, 6.45) is 0. The van der Waals surface area contributed by atoms with Crippen LogP contribution in [0.5, 0.6) is 17.2 Å². The standard InChI is InChI=1S/C19H16Cl2N2O6/c1-27-14-4-9(5-15(28-2)17(14)29-3)22-16(24)8-23-18(25)10-6-12(20)13(21)7-11(10)19(23)26/h4-7H,8H2,1-3H3,(H,22,24). The molecule has 0 aromatic heterocycles. The van der Waals surface area contributed by atoms with Crippen LogP contribution in [-0.4, -0.2) is 50.5 Å². The summed E-state index contributed by atoms with van der Waals surface area (Å²) >= 11 is 11.8. The number of methoxy groups -OCH3 is 3. The first-order chi connectivity index (χ1) is 13.8. The predicted molar refractivity (Wildman–Crippen MR) is 107 cm³/mol. The summed E-state index contributed by atoms with van der Waals surface area (Å²) in [5.74, 6) is -0.792. The maximum Gasteiger partial charge on any atom is 0.262 e. The van der Waals surface area contributed by atoms with Gasteiger partial charge in [-0.25, -0.2) is 0 Å². The Morgan fingerprint density at radius 1 is 0.897 bits per heavy atom. The van der Waals surface area contributed by atoms with E-state index in [1.165, 1.54) is 45.6 Å². The Balaban J connectivity index is 1.80. The Bertz CT molecular complexity index is 958. The van der Waals surface area contributed by atoms with Gasteiger partial charge in [0.25, 0.3) is 11.8 Å². The van der Waals surface area contributed by atoms with Gasteiger partial charge in [0.05, 0.1) is 42.5 Å². The van der Waals surface area contributed by atoms with Crippen molar-refractivity contribution in [3.05, 3.63) is 45.4 Å². The van der Waals surface area contributed by atoms with Crippen LogP contribution in [0.4, 0.5) is 5.69 Å². The number of anilines is 1.